The van der Waals surface area contributed by atoms with E-state index in [1.165, 1.54) is 24.3 Å². The normalized spacial score (nSPS) is 12.2. The molecule has 0 aliphatic carbocycles. The maximum absolute atomic E-state index is 13.1. The molecule has 0 unspecified atom stereocenters. The van der Waals surface area contributed by atoms with Crippen LogP contribution >= 0.6 is 11.6 Å². The molecule has 0 atom stereocenters. The highest BCUT2D eigenvalue weighted by Gasteiger charge is 2.33. The van der Waals surface area contributed by atoms with E-state index in [1.807, 2.05) is 0 Å². The molecule has 0 fully saturated rings. The summed E-state index contributed by atoms with van der Waals surface area (Å²) in [5.74, 6) is -1.48. The Kier molecular flexibility index (Phi) is 8.05. The molecule has 8 nitrogen and oxygen atoms in total. The predicted octanol–water partition coefficient (Wildman–Crippen LogP) is 4.70. The summed E-state index contributed by atoms with van der Waals surface area (Å²) in [5.41, 5.74) is -1.50. The van der Waals surface area contributed by atoms with E-state index in [9.17, 15) is 39.2 Å². The topological polar surface area (TPSA) is 113 Å². The van der Waals surface area contributed by atoms with Crippen LogP contribution in [0.15, 0.2) is 71.6 Å². The van der Waals surface area contributed by atoms with Crippen LogP contribution in [-0.4, -0.2) is 35.5 Å². The fraction of sp³-hybridized carbons (Fsp3) is 0.136. The van der Waals surface area contributed by atoms with Gasteiger partial charge in [0.1, 0.15) is 12.4 Å². The summed E-state index contributed by atoms with van der Waals surface area (Å²) in [6, 6.07) is 11.4. The summed E-state index contributed by atoms with van der Waals surface area (Å²) in [7, 11) is -8.28. The van der Waals surface area contributed by atoms with Gasteiger partial charge in [0, 0.05) is 11.4 Å². The number of carbonyl (C=O) groups is 1. The highest BCUT2D eigenvalue weighted by molar-refractivity contribution is 7.92. The van der Waals surface area contributed by atoms with E-state index in [4.69, 9.17) is 11.6 Å². The summed E-state index contributed by atoms with van der Waals surface area (Å²) in [4.78, 5) is 12.4. The number of benzene rings is 3. The number of sulfonamides is 2. The van der Waals surface area contributed by atoms with E-state index in [0.717, 1.165) is 30.3 Å². The van der Waals surface area contributed by atoms with Crippen LogP contribution in [0.5, 0.6) is 0 Å². The fourth-order valence-corrected chi connectivity index (χ4v) is 5.23. The average molecular weight is 580 g/mol. The number of alkyl halides is 3. The largest absolute Gasteiger partial charge is 0.416 e. The molecule has 3 rings (SSSR count). The molecule has 0 saturated heterocycles. The number of anilines is 3. The first kappa shape index (κ1) is 28.2. The lowest BCUT2D eigenvalue weighted by molar-refractivity contribution is -0.137. The SMILES string of the molecule is CS(=O)(=O)N(CC(=O)Nc1ccc(S(=O)(=O)Nc2ccc(F)cc2)cc1)c1cc(C(F)(F)F)ccc1Cl. The zero-order valence-electron chi connectivity index (χ0n) is 18.8. The van der Waals surface area contributed by atoms with E-state index >= 15 is 0 Å². The maximum atomic E-state index is 13.1. The Labute approximate surface area is 215 Å². The average Bonchev–Trinajstić information content (AvgIpc) is 2.78. The molecule has 0 spiro atoms. The first-order valence-corrected chi connectivity index (χ1v) is 13.8. The number of nitrogens with one attached hydrogen (secondary N) is 2. The van der Waals surface area contributed by atoms with E-state index in [2.05, 4.69) is 10.0 Å². The first-order valence-electron chi connectivity index (χ1n) is 10.1. The lowest BCUT2D eigenvalue weighted by Gasteiger charge is -2.24. The van der Waals surface area contributed by atoms with Crippen molar-refractivity contribution in [3.05, 3.63) is 83.1 Å². The quantitative estimate of drug-likeness (QED) is 0.376. The van der Waals surface area contributed by atoms with Crippen LogP contribution in [-0.2, 0) is 31.0 Å². The Morgan fingerprint density at radius 2 is 1.49 bits per heavy atom. The van der Waals surface area contributed by atoms with Gasteiger partial charge in [-0.3, -0.25) is 13.8 Å². The van der Waals surface area contributed by atoms with Crippen LogP contribution in [0.25, 0.3) is 0 Å². The van der Waals surface area contributed by atoms with Crippen LogP contribution in [0, 0.1) is 5.82 Å². The third-order valence-electron chi connectivity index (χ3n) is 4.77. The molecule has 3 aromatic rings. The molecular weight excluding hydrogens is 562 g/mol. The molecule has 0 aliphatic rings. The Balaban J connectivity index is 1.77. The standard InChI is InChI=1S/C22H18ClF4N3O5S2/c1-36(32,33)30(20-12-14(22(25,26)27)2-11-19(20)23)13-21(31)28-16-7-9-18(10-8-16)37(34,35)29-17-5-3-15(24)4-6-17/h2-12,29H,13H2,1H3,(H,28,31). The van der Waals surface area contributed by atoms with Crippen LogP contribution in [0.1, 0.15) is 5.56 Å². The van der Waals surface area contributed by atoms with Gasteiger partial charge in [0.2, 0.25) is 15.9 Å². The van der Waals surface area contributed by atoms with Gasteiger partial charge in [0.05, 0.1) is 27.4 Å². The molecule has 0 radical (unpaired) electrons. The molecule has 0 heterocycles. The van der Waals surface area contributed by atoms with E-state index in [0.29, 0.717) is 22.7 Å². The van der Waals surface area contributed by atoms with Gasteiger partial charge < -0.3 is 5.32 Å². The van der Waals surface area contributed by atoms with Gasteiger partial charge in [0.15, 0.2) is 0 Å². The van der Waals surface area contributed by atoms with E-state index in [1.54, 1.807) is 0 Å². The molecule has 1 amide bonds. The van der Waals surface area contributed by atoms with Crippen molar-refractivity contribution in [3.63, 3.8) is 0 Å². The molecule has 0 saturated carbocycles. The highest BCUT2D eigenvalue weighted by Crippen LogP contribution is 2.36. The molecule has 15 heteroatoms. The van der Waals surface area contributed by atoms with Gasteiger partial charge in [-0.1, -0.05) is 11.6 Å². The molecule has 3 aromatic carbocycles. The molecule has 0 aliphatic heterocycles. The predicted molar refractivity (Wildman–Crippen MR) is 131 cm³/mol. The second-order valence-electron chi connectivity index (χ2n) is 7.62. The number of hydrogen-bond donors (Lipinski definition) is 2. The Bertz CT molecular complexity index is 1510. The van der Waals surface area contributed by atoms with Crippen molar-refractivity contribution < 1.29 is 39.2 Å². The smallest absolute Gasteiger partial charge is 0.325 e. The maximum Gasteiger partial charge on any atom is 0.416 e. The monoisotopic (exact) mass is 579 g/mol. The highest BCUT2D eigenvalue weighted by atomic mass is 35.5. The minimum atomic E-state index is -4.78. The van der Waals surface area contributed by atoms with Crippen molar-refractivity contribution in [1.29, 1.82) is 0 Å². The van der Waals surface area contributed by atoms with Gasteiger partial charge in [-0.2, -0.15) is 13.2 Å². The summed E-state index contributed by atoms with van der Waals surface area (Å²) >= 11 is 5.93. The Morgan fingerprint density at radius 1 is 0.919 bits per heavy atom. The second-order valence-corrected chi connectivity index (χ2v) is 11.6. The number of amides is 1. The minimum Gasteiger partial charge on any atom is -0.325 e. The van der Waals surface area contributed by atoms with Crippen molar-refractivity contribution in [2.24, 2.45) is 0 Å². The third kappa shape index (κ3) is 7.33. The van der Waals surface area contributed by atoms with E-state index in [-0.39, 0.29) is 21.3 Å². The number of nitrogens with zero attached hydrogens (tertiary/aromatic N) is 1. The van der Waals surface area contributed by atoms with Crippen LogP contribution in [0.3, 0.4) is 0 Å². The zero-order valence-corrected chi connectivity index (χ0v) is 21.1. The molecule has 198 valence electrons. The van der Waals surface area contributed by atoms with Crippen LogP contribution in [0.4, 0.5) is 34.6 Å². The number of rotatable bonds is 8. The molecule has 2 N–H and O–H groups in total. The van der Waals surface area contributed by atoms with Gasteiger partial charge >= 0.3 is 6.18 Å². The van der Waals surface area contributed by atoms with Gasteiger partial charge in [0.25, 0.3) is 10.0 Å². The van der Waals surface area contributed by atoms with Crippen molar-refractivity contribution >= 4 is 54.6 Å². The minimum absolute atomic E-state index is 0.0781. The number of carbonyl (C=O) groups excluding carboxylic acids is 1. The van der Waals surface area contributed by atoms with Crippen LogP contribution < -0.4 is 14.3 Å². The number of hydrogen-bond acceptors (Lipinski definition) is 5. The molecule has 0 aromatic heterocycles. The number of halogens is 5. The third-order valence-corrected chi connectivity index (χ3v) is 7.62. The van der Waals surface area contributed by atoms with Gasteiger partial charge in [-0.05, 0) is 66.7 Å². The Hall–Kier alpha value is -3.36. The van der Waals surface area contributed by atoms with Crippen molar-refractivity contribution in [2.45, 2.75) is 11.1 Å². The first-order chi connectivity index (χ1) is 17.1. The molecular formula is C22H18ClF4N3O5S2. The van der Waals surface area contributed by atoms with E-state index < -0.39 is 55.7 Å². The summed E-state index contributed by atoms with van der Waals surface area (Å²) in [5, 5.41) is 2.02. The van der Waals surface area contributed by atoms with Crippen LogP contribution in [0.2, 0.25) is 5.02 Å². The van der Waals surface area contributed by atoms with Crippen molar-refractivity contribution in [2.75, 3.05) is 27.1 Å². The zero-order chi connectivity index (χ0) is 27.6. The molecule has 0 bridgehead atoms. The summed E-state index contributed by atoms with van der Waals surface area (Å²) in [6.45, 7) is -0.911. The van der Waals surface area contributed by atoms with Crippen molar-refractivity contribution in [1.82, 2.24) is 0 Å². The van der Waals surface area contributed by atoms with Gasteiger partial charge in [-0.25, -0.2) is 21.2 Å². The fourth-order valence-electron chi connectivity index (χ4n) is 3.04. The molecule has 37 heavy (non-hydrogen) atoms. The lowest BCUT2D eigenvalue weighted by Crippen LogP contribution is -2.37. The summed E-state index contributed by atoms with van der Waals surface area (Å²) in [6.07, 6.45) is -4.08. The second kappa shape index (κ2) is 10.6. The van der Waals surface area contributed by atoms with Crippen molar-refractivity contribution in [3.8, 4) is 0 Å². The Morgan fingerprint density at radius 3 is 2.03 bits per heavy atom. The van der Waals surface area contributed by atoms with Gasteiger partial charge in [-0.15, -0.1) is 0 Å². The summed E-state index contributed by atoms with van der Waals surface area (Å²) < 4.78 is 105. The lowest BCUT2D eigenvalue weighted by atomic mass is 10.2.